The Morgan fingerprint density at radius 1 is 1.13 bits per heavy atom. The number of amides is 1. The van der Waals surface area contributed by atoms with Crippen LogP contribution in [0.5, 0.6) is 5.75 Å². The molecular formula is C23H23N3O4. The number of ether oxygens (including phenoxy) is 1. The van der Waals surface area contributed by atoms with Crippen molar-refractivity contribution in [1.29, 1.82) is 0 Å². The van der Waals surface area contributed by atoms with Crippen LogP contribution in [0, 0.1) is 0 Å². The van der Waals surface area contributed by atoms with Crippen LogP contribution in [0.3, 0.4) is 0 Å². The summed E-state index contributed by atoms with van der Waals surface area (Å²) in [5, 5.41) is 7.90. The largest absolute Gasteiger partial charge is 0.497 e. The molecule has 1 amide bonds. The number of nitrogens with zero attached hydrogens (tertiary/aromatic N) is 2. The molecule has 0 spiro atoms. The van der Waals surface area contributed by atoms with Crippen LogP contribution in [0.25, 0.3) is 33.8 Å². The smallest absolute Gasteiger partial charge is 0.251 e. The average Bonchev–Trinajstić information content (AvgIpc) is 3.44. The topological polar surface area (TPSA) is 90.4 Å². The zero-order chi connectivity index (χ0) is 21.1. The second-order valence-corrected chi connectivity index (χ2v) is 7.00. The van der Waals surface area contributed by atoms with Crippen LogP contribution in [0.1, 0.15) is 37.0 Å². The molecule has 0 fully saturated rings. The van der Waals surface area contributed by atoms with E-state index in [-0.39, 0.29) is 11.9 Å². The number of hydrogen-bond acceptors (Lipinski definition) is 6. The predicted molar refractivity (Wildman–Crippen MR) is 113 cm³/mol. The monoisotopic (exact) mass is 405 g/mol. The summed E-state index contributed by atoms with van der Waals surface area (Å²) in [5.41, 5.74) is 3.03. The van der Waals surface area contributed by atoms with Crippen molar-refractivity contribution < 1.29 is 18.5 Å². The minimum absolute atomic E-state index is 0.114. The molecule has 154 valence electrons. The van der Waals surface area contributed by atoms with Gasteiger partial charge in [-0.15, -0.1) is 0 Å². The Bertz CT molecular complexity index is 1160. The molecule has 0 aliphatic rings. The molecule has 0 aliphatic carbocycles. The summed E-state index contributed by atoms with van der Waals surface area (Å²) >= 11 is 0. The summed E-state index contributed by atoms with van der Waals surface area (Å²) in [5.74, 6) is 1.11. The molecule has 0 saturated heterocycles. The second-order valence-electron chi connectivity index (χ2n) is 7.00. The predicted octanol–water partition coefficient (Wildman–Crippen LogP) is 5.08. The Kier molecular flexibility index (Phi) is 5.52. The van der Waals surface area contributed by atoms with Crippen molar-refractivity contribution >= 4 is 16.9 Å². The van der Waals surface area contributed by atoms with E-state index >= 15 is 0 Å². The van der Waals surface area contributed by atoms with Crippen LogP contribution in [0.2, 0.25) is 0 Å². The van der Waals surface area contributed by atoms with Gasteiger partial charge in [0.15, 0.2) is 5.58 Å². The molecule has 2 aromatic heterocycles. The van der Waals surface area contributed by atoms with Crippen LogP contribution in [-0.4, -0.2) is 29.2 Å². The van der Waals surface area contributed by atoms with Crippen molar-refractivity contribution in [1.82, 2.24) is 15.5 Å². The first-order valence-electron chi connectivity index (χ1n) is 9.93. The maximum absolute atomic E-state index is 12.6. The molecule has 0 unspecified atom stereocenters. The number of carbonyl (C=O) groups is 1. The van der Waals surface area contributed by atoms with Gasteiger partial charge in [-0.3, -0.25) is 4.79 Å². The van der Waals surface area contributed by atoms with Crippen molar-refractivity contribution in [2.24, 2.45) is 0 Å². The molecule has 0 aliphatic heterocycles. The van der Waals surface area contributed by atoms with Gasteiger partial charge in [0.25, 0.3) is 5.91 Å². The Balaban J connectivity index is 1.64. The highest BCUT2D eigenvalue weighted by atomic mass is 16.5. The third-order valence-corrected chi connectivity index (χ3v) is 5.14. The molecule has 7 nitrogen and oxygen atoms in total. The standard InChI is InChI=1S/C23H23N3O4/c1-4-16(5-2)24-22(27)15-8-11-20-18(12-15)21(26-30-20)19-13-29-23(25-19)14-6-9-17(28-3)10-7-14/h6-13,16H,4-5H2,1-3H3,(H,24,27). The Morgan fingerprint density at radius 2 is 1.90 bits per heavy atom. The third kappa shape index (κ3) is 3.78. The van der Waals surface area contributed by atoms with E-state index in [0.717, 1.165) is 24.2 Å². The lowest BCUT2D eigenvalue weighted by atomic mass is 10.1. The molecule has 4 aromatic rings. The number of nitrogens with one attached hydrogen (secondary N) is 1. The van der Waals surface area contributed by atoms with Gasteiger partial charge in [0.1, 0.15) is 23.4 Å². The lowest BCUT2D eigenvalue weighted by molar-refractivity contribution is 0.0935. The van der Waals surface area contributed by atoms with Gasteiger partial charge in [-0.1, -0.05) is 19.0 Å². The van der Waals surface area contributed by atoms with Gasteiger partial charge in [0.2, 0.25) is 5.89 Å². The summed E-state index contributed by atoms with van der Waals surface area (Å²) in [4.78, 5) is 17.2. The van der Waals surface area contributed by atoms with Crippen LogP contribution in [-0.2, 0) is 0 Å². The molecular weight excluding hydrogens is 382 g/mol. The van der Waals surface area contributed by atoms with Gasteiger partial charge < -0.3 is 19.0 Å². The zero-order valence-corrected chi connectivity index (χ0v) is 17.1. The normalized spacial score (nSPS) is 11.2. The maximum atomic E-state index is 12.6. The van der Waals surface area contributed by atoms with Crippen LogP contribution < -0.4 is 10.1 Å². The first-order valence-corrected chi connectivity index (χ1v) is 9.93. The van der Waals surface area contributed by atoms with E-state index in [9.17, 15) is 4.79 Å². The van der Waals surface area contributed by atoms with E-state index < -0.39 is 0 Å². The third-order valence-electron chi connectivity index (χ3n) is 5.14. The second kappa shape index (κ2) is 8.41. The first kappa shape index (κ1) is 19.7. The lowest BCUT2D eigenvalue weighted by Gasteiger charge is -2.14. The summed E-state index contributed by atoms with van der Waals surface area (Å²) < 4.78 is 16.3. The highest BCUT2D eigenvalue weighted by molar-refractivity contribution is 6.00. The van der Waals surface area contributed by atoms with E-state index in [1.54, 1.807) is 25.3 Å². The number of aromatic nitrogens is 2. The zero-order valence-electron chi connectivity index (χ0n) is 17.1. The first-order chi connectivity index (χ1) is 14.6. The molecule has 1 N–H and O–H groups in total. The minimum atomic E-state index is -0.114. The van der Waals surface area contributed by atoms with E-state index in [2.05, 4.69) is 29.3 Å². The molecule has 30 heavy (non-hydrogen) atoms. The molecule has 0 atom stereocenters. The fourth-order valence-electron chi connectivity index (χ4n) is 3.27. The average molecular weight is 405 g/mol. The molecule has 0 saturated carbocycles. The van der Waals surface area contributed by atoms with E-state index in [0.29, 0.717) is 33.8 Å². The fraction of sp³-hybridized carbons (Fsp3) is 0.261. The SMILES string of the molecule is CCC(CC)NC(=O)c1ccc2onc(-c3coc(-c4ccc(OC)cc4)n3)c2c1. The summed E-state index contributed by atoms with van der Waals surface area (Å²) in [7, 11) is 1.62. The number of oxazole rings is 1. The van der Waals surface area contributed by atoms with Crippen molar-refractivity contribution in [2.45, 2.75) is 32.7 Å². The van der Waals surface area contributed by atoms with E-state index in [1.807, 2.05) is 24.3 Å². The highest BCUT2D eigenvalue weighted by Crippen LogP contribution is 2.31. The molecule has 0 bridgehead atoms. The molecule has 0 radical (unpaired) electrons. The van der Waals surface area contributed by atoms with Crippen LogP contribution in [0.15, 0.2) is 57.7 Å². The van der Waals surface area contributed by atoms with Crippen molar-refractivity contribution in [3.63, 3.8) is 0 Å². The number of benzene rings is 2. The highest BCUT2D eigenvalue weighted by Gasteiger charge is 2.18. The fourth-order valence-corrected chi connectivity index (χ4v) is 3.27. The Labute approximate surface area is 174 Å². The van der Waals surface area contributed by atoms with Crippen LogP contribution in [0.4, 0.5) is 0 Å². The van der Waals surface area contributed by atoms with Gasteiger partial charge in [-0.2, -0.15) is 0 Å². The van der Waals surface area contributed by atoms with Crippen molar-refractivity contribution in [3.05, 3.63) is 54.3 Å². The number of carbonyl (C=O) groups excluding carboxylic acids is 1. The number of methoxy groups -OCH3 is 1. The molecule has 2 aromatic carbocycles. The van der Waals surface area contributed by atoms with Gasteiger partial charge in [-0.05, 0) is 55.3 Å². The van der Waals surface area contributed by atoms with Crippen LogP contribution >= 0.6 is 0 Å². The Morgan fingerprint density at radius 3 is 2.60 bits per heavy atom. The van der Waals surface area contributed by atoms with E-state index in [4.69, 9.17) is 13.7 Å². The van der Waals surface area contributed by atoms with E-state index in [1.165, 1.54) is 6.26 Å². The quantitative estimate of drug-likeness (QED) is 0.461. The number of hydrogen-bond donors (Lipinski definition) is 1. The lowest BCUT2D eigenvalue weighted by Crippen LogP contribution is -2.33. The maximum Gasteiger partial charge on any atom is 0.251 e. The number of fused-ring (bicyclic) bond motifs is 1. The van der Waals surface area contributed by atoms with Gasteiger partial charge in [0.05, 0.1) is 12.5 Å². The summed E-state index contributed by atoms with van der Waals surface area (Å²) in [6.07, 6.45) is 3.31. The van der Waals surface area contributed by atoms with Gasteiger partial charge in [-0.25, -0.2) is 4.98 Å². The van der Waals surface area contributed by atoms with Gasteiger partial charge in [0, 0.05) is 17.2 Å². The molecule has 2 heterocycles. The summed E-state index contributed by atoms with van der Waals surface area (Å²) in [6.45, 7) is 4.11. The minimum Gasteiger partial charge on any atom is -0.497 e. The van der Waals surface area contributed by atoms with Crippen molar-refractivity contribution in [2.75, 3.05) is 7.11 Å². The molecule has 7 heteroatoms. The number of rotatable bonds is 7. The summed E-state index contributed by atoms with van der Waals surface area (Å²) in [6, 6.07) is 12.8. The Hall–Kier alpha value is -3.61. The van der Waals surface area contributed by atoms with Gasteiger partial charge >= 0.3 is 0 Å². The molecule has 4 rings (SSSR count). The van der Waals surface area contributed by atoms with Crippen molar-refractivity contribution in [3.8, 4) is 28.6 Å².